The lowest BCUT2D eigenvalue weighted by molar-refractivity contribution is -0.154. The van der Waals surface area contributed by atoms with Crippen LogP contribution in [0.3, 0.4) is 0 Å². The lowest BCUT2D eigenvalue weighted by Gasteiger charge is -2.15. The van der Waals surface area contributed by atoms with Crippen LogP contribution >= 0.6 is 0 Å². The van der Waals surface area contributed by atoms with E-state index < -0.39 is 6.10 Å². The van der Waals surface area contributed by atoms with Crippen LogP contribution in [0.2, 0.25) is 0 Å². The summed E-state index contributed by atoms with van der Waals surface area (Å²) in [7, 11) is 0. The van der Waals surface area contributed by atoms with Crippen molar-refractivity contribution in [2.45, 2.75) is 206 Å². The smallest absolute Gasteiger partial charge is 0.306 e. The SMILES string of the molecule is CCCCC/C=C\C/C=C\CCCCCCCCOCC(CO)OC(=O)CCCCCCCCC/C=C\CCCCCCCCC. The van der Waals surface area contributed by atoms with E-state index in [0.717, 1.165) is 25.7 Å². The van der Waals surface area contributed by atoms with Crippen molar-refractivity contribution in [3.8, 4) is 0 Å². The lowest BCUT2D eigenvalue weighted by Crippen LogP contribution is -2.27. The van der Waals surface area contributed by atoms with Gasteiger partial charge in [-0.25, -0.2) is 0 Å². The fourth-order valence-electron chi connectivity index (χ4n) is 5.65. The molecular formula is C42H78O4. The van der Waals surface area contributed by atoms with Crippen molar-refractivity contribution in [2.75, 3.05) is 19.8 Å². The van der Waals surface area contributed by atoms with Gasteiger partial charge < -0.3 is 14.6 Å². The van der Waals surface area contributed by atoms with Gasteiger partial charge in [0.05, 0.1) is 13.2 Å². The summed E-state index contributed by atoms with van der Waals surface area (Å²) >= 11 is 0. The summed E-state index contributed by atoms with van der Waals surface area (Å²) in [6.07, 6.45) is 49.0. The molecule has 1 atom stereocenters. The van der Waals surface area contributed by atoms with E-state index in [1.807, 2.05) is 0 Å². The largest absolute Gasteiger partial charge is 0.457 e. The van der Waals surface area contributed by atoms with Crippen LogP contribution in [-0.2, 0) is 14.3 Å². The van der Waals surface area contributed by atoms with E-state index in [4.69, 9.17) is 9.47 Å². The predicted molar refractivity (Wildman–Crippen MR) is 200 cm³/mol. The minimum atomic E-state index is -0.540. The molecule has 0 heterocycles. The highest BCUT2D eigenvalue weighted by atomic mass is 16.6. The summed E-state index contributed by atoms with van der Waals surface area (Å²) in [5, 5.41) is 9.58. The molecule has 0 spiro atoms. The van der Waals surface area contributed by atoms with Gasteiger partial charge in [-0.2, -0.15) is 0 Å². The van der Waals surface area contributed by atoms with Gasteiger partial charge in [0.15, 0.2) is 0 Å². The number of unbranched alkanes of at least 4 members (excludes halogenated alkanes) is 23. The Kier molecular flexibility index (Phi) is 38.6. The number of hydrogen-bond donors (Lipinski definition) is 1. The Morgan fingerprint density at radius 2 is 0.913 bits per heavy atom. The molecule has 4 nitrogen and oxygen atoms in total. The molecule has 0 rings (SSSR count). The first-order valence-electron chi connectivity index (χ1n) is 20.1. The molecule has 1 N–H and O–H groups in total. The zero-order valence-corrected chi connectivity index (χ0v) is 30.8. The van der Waals surface area contributed by atoms with Gasteiger partial charge >= 0.3 is 5.97 Å². The van der Waals surface area contributed by atoms with Crippen LogP contribution in [0.5, 0.6) is 0 Å². The van der Waals surface area contributed by atoms with E-state index in [0.29, 0.717) is 13.0 Å². The summed E-state index contributed by atoms with van der Waals surface area (Å²) < 4.78 is 11.1. The second kappa shape index (κ2) is 39.8. The van der Waals surface area contributed by atoms with Crippen molar-refractivity contribution in [3.63, 3.8) is 0 Å². The van der Waals surface area contributed by atoms with Crippen LogP contribution < -0.4 is 0 Å². The quantitative estimate of drug-likeness (QED) is 0.0414. The van der Waals surface area contributed by atoms with Crippen LogP contribution in [0, 0.1) is 0 Å². The maximum absolute atomic E-state index is 12.2. The van der Waals surface area contributed by atoms with E-state index in [2.05, 4.69) is 50.3 Å². The molecule has 1 unspecified atom stereocenters. The Hall–Kier alpha value is -1.39. The summed E-state index contributed by atoms with van der Waals surface area (Å²) in [6, 6.07) is 0. The third kappa shape index (κ3) is 37.1. The zero-order valence-electron chi connectivity index (χ0n) is 30.8. The lowest BCUT2D eigenvalue weighted by atomic mass is 10.1. The Balaban J connectivity index is 3.45. The average Bonchev–Trinajstić information content (AvgIpc) is 3.06. The first kappa shape index (κ1) is 44.6. The molecule has 4 heteroatoms. The number of carbonyl (C=O) groups excluding carboxylic acids is 1. The Bertz CT molecular complexity index is 683. The molecule has 0 radical (unpaired) electrons. The molecular weight excluding hydrogens is 568 g/mol. The molecule has 0 aliphatic carbocycles. The zero-order chi connectivity index (χ0) is 33.4. The second-order valence-electron chi connectivity index (χ2n) is 13.3. The Labute approximate surface area is 287 Å². The number of ether oxygens (including phenoxy) is 2. The van der Waals surface area contributed by atoms with Crippen LogP contribution in [-0.4, -0.2) is 37.0 Å². The van der Waals surface area contributed by atoms with E-state index in [9.17, 15) is 9.90 Å². The molecule has 0 saturated carbocycles. The number of esters is 1. The van der Waals surface area contributed by atoms with Crippen molar-refractivity contribution in [1.29, 1.82) is 0 Å². The molecule has 0 saturated heterocycles. The second-order valence-corrected chi connectivity index (χ2v) is 13.3. The van der Waals surface area contributed by atoms with Crippen molar-refractivity contribution in [3.05, 3.63) is 36.5 Å². The topological polar surface area (TPSA) is 55.8 Å². The molecule has 270 valence electrons. The number of hydrogen-bond acceptors (Lipinski definition) is 4. The highest BCUT2D eigenvalue weighted by molar-refractivity contribution is 5.69. The summed E-state index contributed by atoms with van der Waals surface area (Å²) in [6.45, 7) is 5.30. The number of rotatable bonds is 37. The number of aliphatic hydroxyl groups excluding tert-OH is 1. The van der Waals surface area contributed by atoms with Gasteiger partial charge in [-0.05, 0) is 70.6 Å². The maximum atomic E-state index is 12.2. The predicted octanol–water partition coefficient (Wildman–Crippen LogP) is 12.9. The number of carbonyl (C=O) groups is 1. The van der Waals surface area contributed by atoms with Gasteiger partial charge in [0.25, 0.3) is 0 Å². The van der Waals surface area contributed by atoms with Gasteiger partial charge in [0.1, 0.15) is 6.10 Å². The van der Waals surface area contributed by atoms with Gasteiger partial charge in [-0.3, -0.25) is 4.79 Å². The molecule has 0 fully saturated rings. The Morgan fingerprint density at radius 1 is 0.522 bits per heavy atom. The minimum Gasteiger partial charge on any atom is -0.457 e. The highest BCUT2D eigenvalue weighted by Gasteiger charge is 2.13. The number of allylic oxidation sites excluding steroid dienone is 6. The van der Waals surface area contributed by atoms with E-state index >= 15 is 0 Å². The van der Waals surface area contributed by atoms with Gasteiger partial charge in [0.2, 0.25) is 0 Å². The normalized spacial score (nSPS) is 12.7. The van der Waals surface area contributed by atoms with Crippen LogP contribution in [0.15, 0.2) is 36.5 Å². The average molecular weight is 647 g/mol. The summed E-state index contributed by atoms with van der Waals surface area (Å²) in [4.78, 5) is 12.2. The fourth-order valence-corrected chi connectivity index (χ4v) is 5.65. The third-order valence-electron chi connectivity index (χ3n) is 8.69. The van der Waals surface area contributed by atoms with E-state index in [1.54, 1.807) is 0 Å². The molecule has 0 aromatic heterocycles. The molecule has 46 heavy (non-hydrogen) atoms. The first-order chi connectivity index (χ1) is 22.7. The first-order valence-corrected chi connectivity index (χ1v) is 20.1. The van der Waals surface area contributed by atoms with Crippen molar-refractivity contribution < 1.29 is 19.4 Å². The van der Waals surface area contributed by atoms with E-state index in [1.165, 1.54) is 154 Å². The number of aliphatic hydroxyl groups is 1. The standard InChI is InChI=1S/C42H78O4/c1-3-5-7-9-11-13-15-17-19-21-22-23-25-27-29-31-33-35-37-42(44)46-41(39-43)40-45-38-36-34-32-30-28-26-24-20-18-16-14-12-10-8-6-4-2/h12,14,18-21,41,43H,3-11,13,15-17,22-40H2,1-2H3/b14-12-,20-18-,21-19-. The van der Waals surface area contributed by atoms with E-state index in [-0.39, 0.29) is 19.2 Å². The monoisotopic (exact) mass is 647 g/mol. The van der Waals surface area contributed by atoms with Crippen molar-refractivity contribution >= 4 is 5.97 Å². The summed E-state index contributed by atoms with van der Waals surface area (Å²) in [5.41, 5.74) is 0. The fraction of sp³-hybridized carbons (Fsp3) is 0.833. The van der Waals surface area contributed by atoms with Crippen molar-refractivity contribution in [2.24, 2.45) is 0 Å². The molecule has 0 aliphatic rings. The molecule has 0 aromatic rings. The molecule has 0 aliphatic heterocycles. The van der Waals surface area contributed by atoms with Gasteiger partial charge in [-0.15, -0.1) is 0 Å². The van der Waals surface area contributed by atoms with Crippen LogP contribution in [0.4, 0.5) is 0 Å². The molecule has 0 aromatic carbocycles. The minimum absolute atomic E-state index is 0.177. The highest BCUT2D eigenvalue weighted by Crippen LogP contribution is 2.13. The molecule has 0 bridgehead atoms. The Morgan fingerprint density at radius 3 is 1.41 bits per heavy atom. The van der Waals surface area contributed by atoms with Gasteiger partial charge in [0, 0.05) is 13.0 Å². The third-order valence-corrected chi connectivity index (χ3v) is 8.69. The van der Waals surface area contributed by atoms with Crippen LogP contribution in [0.25, 0.3) is 0 Å². The van der Waals surface area contributed by atoms with Crippen LogP contribution in [0.1, 0.15) is 200 Å². The van der Waals surface area contributed by atoms with Crippen molar-refractivity contribution in [1.82, 2.24) is 0 Å². The molecule has 0 amide bonds. The summed E-state index contributed by atoms with van der Waals surface area (Å²) in [5.74, 6) is -0.209. The maximum Gasteiger partial charge on any atom is 0.306 e. The van der Waals surface area contributed by atoms with Gasteiger partial charge in [-0.1, -0.05) is 159 Å².